The Balaban J connectivity index is 1.22. The fraction of sp³-hybridized carbons (Fsp3) is 0.0204. The van der Waals surface area contributed by atoms with Crippen molar-refractivity contribution in [2.75, 3.05) is 0 Å². The highest BCUT2D eigenvalue weighted by atomic mass is 15.2. The van der Waals surface area contributed by atoms with Crippen LogP contribution in [0.15, 0.2) is 188 Å². The summed E-state index contributed by atoms with van der Waals surface area (Å²) < 4.78 is 0. The van der Waals surface area contributed by atoms with Gasteiger partial charge in [0.25, 0.3) is 0 Å². The highest BCUT2D eigenvalue weighted by molar-refractivity contribution is 6.22. The third kappa shape index (κ3) is 5.04. The molecule has 0 spiro atoms. The molecule has 1 aliphatic heterocycles. The topological polar surface area (TPSA) is 24.1 Å². The smallest absolute Gasteiger partial charge is 0.123 e. The van der Waals surface area contributed by atoms with Gasteiger partial charge in [0, 0.05) is 0 Å². The normalized spacial score (nSPS) is 13.3. The second-order valence-corrected chi connectivity index (χ2v) is 13.4. The van der Waals surface area contributed by atoms with Crippen molar-refractivity contribution < 1.29 is 0 Å². The molecule has 2 N–H and O–H groups in total. The lowest BCUT2D eigenvalue weighted by atomic mass is 9.84. The summed E-state index contributed by atoms with van der Waals surface area (Å²) in [5.74, 6) is 0. The lowest BCUT2D eigenvalue weighted by molar-refractivity contribution is 0.621. The third-order valence-electron chi connectivity index (χ3n) is 10.4. The van der Waals surface area contributed by atoms with Crippen LogP contribution in [0.4, 0.5) is 0 Å². The summed E-state index contributed by atoms with van der Waals surface area (Å²) in [6.07, 6.45) is -0.111. The molecule has 0 saturated heterocycles. The molecule has 2 nitrogen and oxygen atoms in total. The maximum absolute atomic E-state index is 3.89. The van der Waals surface area contributed by atoms with Crippen LogP contribution >= 0.6 is 0 Å². The molecule has 0 aromatic heterocycles. The number of nitrogens with one attached hydrogen (secondary N) is 2. The predicted octanol–water partition coefficient (Wildman–Crippen LogP) is 12.4. The van der Waals surface area contributed by atoms with E-state index in [0.717, 1.165) is 22.5 Å². The first kappa shape index (κ1) is 29.3. The van der Waals surface area contributed by atoms with Gasteiger partial charge in [-0.05, 0) is 100 Å². The van der Waals surface area contributed by atoms with E-state index >= 15 is 0 Å². The summed E-state index contributed by atoms with van der Waals surface area (Å²) >= 11 is 0. The van der Waals surface area contributed by atoms with E-state index in [1.807, 2.05) is 0 Å². The number of fused-ring (bicyclic) bond motifs is 4. The van der Waals surface area contributed by atoms with E-state index in [-0.39, 0.29) is 6.17 Å². The zero-order valence-corrected chi connectivity index (χ0v) is 28.0. The Kier molecular flexibility index (Phi) is 6.92. The third-order valence-corrected chi connectivity index (χ3v) is 10.4. The van der Waals surface area contributed by atoms with E-state index in [2.05, 4.69) is 199 Å². The Morgan fingerprint density at radius 1 is 0.294 bits per heavy atom. The van der Waals surface area contributed by atoms with Crippen LogP contribution < -0.4 is 10.6 Å². The molecule has 9 aromatic carbocycles. The van der Waals surface area contributed by atoms with Gasteiger partial charge in [0.2, 0.25) is 0 Å². The number of hydrogen-bond acceptors (Lipinski definition) is 2. The van der Waals surface area contributed by atoms with E-state index in [0.29, 0.717) is 0 Å². The lowest BCUT2D eigenvalue weighted by Gasteiger charge is -2.21. The van der Waals surface area contributed by atoms with Crippen LogP contribution in [0.25, 0.3) is 76.7 Å². The molecule has 0 amide bonds. The van der Waals surface area contributed by atoms with E-state index in [1.165, 1.54) is 70.9 Å². The summed E-state index contributed by atoms with van der Waals surface area (Å²) in [4.78, 5) is 0. The maximum Gasteiger partial charge on any atom is 0.123 e. The molecule has 51 heavy (non-hydrogen) atoms. The van der Waals surface area contributed by atoms with Crippen LogP contribution in [0.5, 0.6) is 0 Å². The van der Waals surface area contributed by atoms with Crippen molar-refractivity contribution in [2.45, 2.75) is 6.17 Å². The van der Waals surface area contributed by atoms with E-state index in [4.69, 9.17) is 0 Å². The first-order valence-corrected chi connectivity index (χ1v) is 17.6. The van der Waals surface area contributed by atoms with Crippen LogP contribution in [-0.2, 0) is 0 Å². The van der Waals surface area contributed by atoms with E-state index in [1.54, 1.807) is 0 Å². The largest absolute Gasteiger partial charge is 0.359 e. The van der Waals surface area contributed by atoms with Crippen molar-refractivity contribution >= 4 is 54.5 Å². The SMILES string of the molecule is c1ccc(C2=C(c3ccccc3)NC(c3ccc4c(-c5ccc6ccccc6c5)c5ccccc5c(-c5ccc6ccccc6c5)c4c3)N2)cc1. The molecule has 0 bridgehead atoms. The first-order valence-electron chi connectivity index (χ1n) is 17.6. The Morgan fingerprint density at radius 2 is 0.725 bits per heavy atom. The van der Waals surface area contributed by atoms with Gasteiger partial charge >= 0.3 is 0 Å². The molecule has 9 aromatic rings. The predicted molar refractivity (Wildman–Crippen MR) is 216 cm³/mol. The molecule has 0 fully saturated rings. The summed E-state index contributed by atoms with van der Waals surface area (Å²) in [6, 6.07) is 68.3. The second kappa shape index (κ2) is 12.0. The average molecular weight is 651 g/mol. The van der Waals surface area contributed by atoms with Gasteiger partial charge in [0.15, 0.2) is 0 Å². The number of rotatable bonds is 5. The minimum absolute atomic E-state index is 0.111. The molecule has 0 atom stereocenters. The lowest BCUT2D eigenvalue weighted by Crippen LogP contribution is -2.23. The van der Waals surface area contributed by atoms with Crippen LogP contribution in [0, 0.1) is 0 Å². The van der Waals surface area contributed by atoms with Gasteiger partial charge in [-0.1, -0.05) is 170 Å². The van der Waals surface area contributed by atoms with E-state index in [9.17, 15) is 0 Å². The molecular weight excluding hydrogens is 617 g/mol. The van der Waals surface area contributed by atoms with Gasteiger partial charge in [0.1, 0.15) is 6.17 Å². The van der Waals surface area contributed by atoms with Gasteiger partial charge < -0.3 is 10.6 Å². The van der Waals surface area contributed by atoms with Gasteiger partial charge in [-0.3, -0.25) is 0 Å². The minimum Gasteiger partial charge on any atom is -0.359 e. The Labute approximate surface area is 297 Å². The zero-order chi connectivity index (χ0) is 33.7. The van der Waals surface area contributed by atoms with Crippen molar-refractivity contribution in [1.82, 2.24) is 10.6 Å². The second-order valence-electron chi connectivity index (χ2n) is 13.4. The highest BCUT2D eigenvalue weighted by Crippen LogP contribution is 2.46. The van der Waals surface area contributed by atoms with Crippen molar-refractivity contribution in [2.24, 2.45) is 0 Å². The highest BCUT2D eigenvalue weighted by Gasteiger charge is 2.27. The quantitative estimate of drug-likeness (QED) is 0.181. The average Bonchev–Trinajstić information content (AvgIpc) is 3.66. The van der Waals surface area contributed by atoms with Gasteiger partial charge in [-0.2, -0.15) is 0 Å². The van der Waals surface area contributed by atoms with Crippen molar-refractivity contribution in [3.8, 4) is 22.3 Å². The molecule has 10 rings (SSSR count). The fourth-order valence-corrected chi connectivity index (χ4v) is 7.99. The van der Waals surface area contributed by atoms with Crippen LogP contribution in [-0.4, -0.2) is 0 Å². The van der Waals surface area contributed by atoms with Gasteiger partial charge in [-0.15, -0.1) is 0 Å². The van der Waals surface area contributed by atoms with Crippen LogP contribution in [0.1, 0.15) is 22.9 Å². The molecule has 0 unspecified atom stereocenters. The van der Waals surface area contributed by atoms with Crippen LogP contribution in [0.2, 0.25) is 0 Å². The fourth-order valence-electron chi connectivity index (χ4n) is 7.99. The first-order chi connectivity index (χ1) is 25.3. The summed E-state index contributed by atoms with van der Waals surface area (Å²) in [5, 5.41) is 17.8. The standard InChI is InChI=1S/C49H34N2/c1-3-15-34(16-4-1)47-48(35-17-5-2-6-18-35)51-49(50-47)40-27-28-43-44(31-40)46(39-26-24-33-14-8-10-20-37(33)30-39)42-22-12-11-21-41(42)45(43)38-25-23-32-13-7-9-19-36(32)29-38/h1-31,49-51H. The van der Waals surface area contributed by atoms with E-state index < -0.39 is 0 Å². The summed E-state index contributed by atoms with van der Waals surface area (Å²) in [6.45, 7) is 0. The molecule has 2 heteroatoms. The van der Waals surface area contributed by atoms with Crippen molar-refractivity contribution in [3.63, 3.8) is 0 Å². The molecule has 240 valence electrons. The van der Waals surface area contributed by atoms with Crippen molar-refractivity contribution in [3.05, 3.63) is 205 Å². The number of hydrogen-bond donors (Lipinski definition) is 2. The number of benzene rings is 9. The molecular formula is C49H34N2. The molecule has 1 aliphatic rings. The minimum atomic E-state index is -0.111. The van der Waals surface area contributed by atoms with Crippen LogP contribution in [0.3, 0.4) is 0 Å². The Hall–Kier alpha value is -6.64. The molecule has 0 aliphatic carbocycles. The van der Waals surface area contributed by atoms with Gasteiger partial charge in [0.05, 0.1) is 11.4 Å². The summed E-state index contributed by atoms with van der Waals surface area (Å²) in [7, 11) is 0. The maximum atomic E-state index is 3.89. The molecule has 0 radical (unpaired) electrons. The summed E-state index contributed by atoms with van der Waals surface area (Å²) in [5.41, 5.74) is 10.7. The molecule has 0 saturated carbocycles. The van der Waals surface area contributed by atoms with Crippen molar-refractivity contribution in [1.29, 1.82) is 0 Å². The van der Waals surface area contributed by atoms with Gasteiger partial charge in [-0.25, -0.2) is 0 Å². The molecule has 1 heterocycles. The monoisotopic (exact) mass is 650 g/mol. The Morgan fingerprint density at radius 3 is 1.25 bits per heavy atom. The zero-order valence-electron chi connectivity index (χ0n) is 28.0. The Bertz CT molecular complexity index is 2750.